The Labute approximate surface area is 130 Å². The Morgan fingerprint density at radius 2 is 1.19 bits per heavy atom. The number of carboxylic acid groups (broad SMARTS) is 1. The summed E-state index contributed by atoms with van der Waals surface area (Å²) in [6, 6.07) is 0. The van der Waals surface area contributed by atoms with Crippen molar-refractivity contribution in [1.82, 2.24) is 0 Å². The van der Waals surface area contributed by atoms with Crippen molar-refractivity contribution in [3.05, 3.63) is 0 Å². The molecule has 0 radical (unpaired) electrons. The highest BCUT2D eigenvalue weighted by atomic mass is 16.5. The SMILES string of the molecule is CCCCCCCCCCCCCOCCOCC(=O)O. The third kappa shape index (κ3) is 19.4. The highest BCUT2D eigenvalue weighted by Gasteiger charge is 1.96. The van der Waals surface area contributed by atoms with Gasteiger partial charge in [-0.3, -0.25) is 0 Å². The maximum atomic E-state index is 10.2. The van der Waals surface area contributed by atoms with Gasteiger partial charge in [0.25, 0.3) is 0 Å². The summed E-state index contributed by atoms with van der Waals surface area (Å²) in [4.78, 5) is 10.2. The summed E-state index contributed by atoms with van der Waals surface area (Å²) in [5.74, 6) is -0.930. The van der Waals surface area contributed by atoms with Crippen molar-refractivity contribution in [3.63, 3.8) is 0 Å². The predicted molar refractivity (Wildman–Crippen MR) is 85.7 cm³/mol. The van der Waals surface area contributed by atoms with Crippen LogP contribution in [0.25, 0.3) is 0 Å². The van der Waals surface area contributed by atoms with Crippen molar-refractivity contribution in [2.24, 2.45) is 0 Å². The largest absolute Gasteiger partial charge is 0.480 e. The van der Waals surface area contributed by atoms with Gasteiger partial charge in [0.05, 0.1) is 13.2 Å². The molecule has 4 heteroatoms. The molecule has 4 nitrogen and oxygen atoms in total. The number of hydrogen-bond donors (Lipinski definition) is 1. The number of aliphatic carboxylic acids is 1. The van der Waals surface area contributed by atoms with E-state index >= 15 is 0 Å². The second kappa shape index (κ2) is 17.4. The Balaban J connectivity index is 2.95. The first-order valence-corrected chi connectivity index (χ1v) is 8.64. The minimum Gasteiger partial charge on any atom is -0.480 e. The molecule has 0 aliphatic rings. The van der Waals surface area contributed by atoms with Gasteiger partial charge in [0.2, 0.25) is 0 Å². The Kier molecular flexibility index (Phi) is 16.9. The summed E-state index contributed by atoms with van der Waals surface area (Å²) < 4.78 is 10.3. The van der Waals surface area contributed by atoms with Crippen LogP contribution in [0.3, 0.4) is 0 Å². The van der Waals surface area contributed by atoms with Crippen LogP contribution in [-0.2, 0) is 14.3 Å². The van der Waals surface area contributed by atoms with Crippen LogP contribution >= 0.6 is 0 Å². The van der Waals surface area contributed by atoms with Crippen LogP contribution in [-0.4, -0.2) is 37.5 Å². The lowest BCUT2D eigenvalue weighted by molar-refractivity contribution is -0.142. The smallest absolute Gasteiger partial charge is 0.329 e. The van der Waals surface area contributed by atoms with Gasteiger partial charge in [-0.05, 0) is 6.42 Å². The zero-order chi connectivity index (χ0) is 15.6. The van der Waals surface area contributed by atoms with Crippen LogP contribution in [0, 0.1) is 0 Å². The molecule has 0 heterocycles. The third-order valence-corrected chi connectivity index (χ3v) is 3.49. The molecule has 0 aliphatic heterocycles. The molecular weight excluding hydrogens is 268 g/mol. The molecule has 0 aromatic carbocycles. The number of carbonyl (C=O) groups is 1. The van der Waals surface area contributed by atoms with Crippen molar-refractivity contribution in [3.8, 4) is 0 Å². The van der Waals surface area contributed by atoms with Crippen molar-refractivity contribution in [1.29, 1.82) is 0 Å². The van der Waals surface area contributed by atoms with Crippen molar-refractivity contribution >= 4 is 5.97 Å². The highest BCUT2D eigenvalue weighted by molar-refractivity contribution is 5.67. The molecule has 0 rings (SSSR count). The number of hydrogen-bond acceptors (Lipinski definition) is 3. The first-order chi connectivity index (χ1) is 10.3. The second-order valence-corrected chi connectivity index (χ2v) is 5.59. The molecule has 0 aromatic heterocycles. The summed E-state index contributed by atoms with van der Waals surface area (Å²) in [7, 11) is 0. The maximum absolute atomic E-state index is 10.2. The Hall–Kier alpha value is -0.610. The lowest BCUT2D eigenvalue weighted by Crippen LogP contribution is -2.11. The fourth-order valence-corrected chi connectivity index (χ4v) is 2.25. The first-order valence-electron chi connectivity index (χ1n) is 8.64. The fraction of sp³-hybridized carbons (Fsp3) is 0.941. The second-order valence-electron chi connectivity index (χ2n) is 5.59. The molecule has 1 N–H and O–H groups in total. The molecular formula is C17H34O4. The molecule has 0 aromatic rings. The number of carboxylic acids is 1. The van der Waals surface area contributed by atoms with E-state index < -0.39 is 5.97 Å². The highest BCUT2D eigenvalue weighted by Crippen LogP contribution is 2.11. The lowest BCUT2D eigenvalue weighted by atomic mass is 10.1. The van der Waals surface area contributed by atoms with Crippen LogP contribution in [0.15, 0.2) is 0 Å². The molecule has 21 heavy (non-hydrogen) atoms. The molecule has 0 saturated heterocycles. The van der Waals surface area contributed by atoms with Gasteiger partial charge < -0.3 is 14.6 Å². The van der Waals surface area contributed by atoms with Gasteiger partial charge in [-0.2, -0.15) is 0 Å². The predicted octanol–water partition coefficient (Wildman–Crippen LogP) is 4.42. The normalized spacial score (nSPS) is 10.9. The van der Waals surface area contributed by atoms with Gasteiger partial charge in [-0.15, -0.1) is 0 Å². The van der Waals surface area contributed by atoms with Gasteiger partial charge in [-0.25, -0.2) is 4.79 Å². The van der Waals surface area contributed by atoms with E-state index in [9.17, 15) is 4.79 Å². The standard InChI is InChI=1S/C17H34O4/c1-2-3-4-5-6-7-8-9-10-11-12-13-20-14-15-21-16-17(18)19/h2-16H2,1H3,(H,18,19). The van der Waals surface area contributed by atoms with Crippen LogP contribution < -0.4 is 0 Å². The summed E-state index contributed by atoms with van der Waals surface area (Å²) in [5, 5.41) is 8.36. The maximum Gasteiger partial charge on any atom is 0.329 e. The number of unbranched alkanes of at least 4 members (excludes halogenated alkanes) is 10. The Morgan fingerprint density at radius 1 is 0.714 bits per heavy atom. The van der Waals surface area contributed by atoms with Gasteiger partial charge in [0, 0.05) is 6.61 Å². The van der Waals surface area contributed by atoms with E-state index in [4.69, 9.17) is 14.6 Å². The molecule has 0 atom stereocenters. The molecule has 0 saturated carbocycles. The Morgan fingerprint density at radius 3 is 1.71 bits per heavy atom. The van der Waals surface area contributed by atoms with Crippen LogP contribution in [0.1, 0.15) is 77.6 Å². The average Bonchev–Trinajstić information content (AvgIpc) is 2.46. The lowest BCUT2D eigenvalue weighted by Gasteiger charge is -2.05. The summed E-state index contributed by atoms with van der Waals surface area (Å²) in [6.07, 6.45) is 14.7. The Bertz CT molecular complexity index is 219. The molecule has 0 bridgehead atoms. The van der Waals surface area contributed by atoms with E-state index in [-0.39, 0.29) is 6.61 Å². The third-order valence-electron chi connectivity index (χ3n) is 3.49. The van der Waals surface area contributed by atoms with E-state index in [1.165, 1.54) is 64.2 Å². The van der Waals surface area contributed by atoms with Crippen molar-refractivity contribution in [2.45, 2.75) is 77.6 Å². The molecule has 0 amide bonds. The van der Waals surface area contributed by atoms with Crippen LogP contribution in [0.5, 0.6) is 0 Å². The summed E-state index contributed by atoms with van der Waals surface area (Å²) in [5.41, 5.74) is 0. The minimum absolute atomic E-state index is 0.234. The average molecular weight is 302 g/mol. The first kappa shape index (κ1) is 20.4. The quantitative estimate of drug-likeness (QED) is 0.404. The fourth-order valence-electron chi connectivity index (χ4n) is 2.25. The summed E-state index contributed by atoms with van der Waals surface area (Å²) >= 11 is 0. The van der Waals surface area contributed by atoms with E-state index in [0.29, 0.717) is 13.2 Å². The molecule has 0 aliphatic carbocycles. The number of ether oxygens (including phenoxy) is 2. The van der Waals surface area contributed by atoms with Crippen molar-refractivity contribution < 1.29 is 19.4 Å². The monoisotopic (exact) mass is 302 g/mol. The zero-order valence-corrected chi connectivity index (χ0v) is 13.8. The van der Waals surface area contributed by atoms with Crippen LogP contribution in [0.2, 0.25) is 0 Å². The van der Waals surface area contributed by atoms with Gasteiger partial charge >= 0.3 is 5.97 Å². The molecule has 0 unspecified atom stereocenters. The molecule has 126 valence electrons. The van der Waals surface area contributed by atoms with E-state index in [1.807, 2.05) is 0 Å². The summed E-state index contributed by atoms with van der Waals surface area (Å²) in [6.45, 7) is 3.64. The molecule has 0 spiro atoms. The molecule has 0 fully saturated rings. The van der Waals surface area contributed by atoms with E-state index in [1.54, 1.807) is 0 Å². The van der Waals surface area contributed by atoms with Gasteiger partial charge in [0.1, 0.15) is 6.61 Å². The van der Waals surface area contributed by atoms with Gasteiger partial charge in [-0.1, -0.05) is 71.1 Å². The van der Waals surface area contributed by atoms with E-state index in [2.05, 4.69) is 6.92 Å². The minimum atomic E-state index is -0.930. The van der Waals surface area contributed by atoms with Gasteiger partial charge in [0.15, 0.2) is 0 Å². The van der Waals surface area contributed by atoms with Crippen molar-refractivity contribution in [2.75, 3.05) is 26.4 Å². The van der Waals surface area contributed by atoms with Crippen LogP contribution in [0.4, 0.5) is 0 Å². The van der Waals surface area contributed by atoms with E-state index in [0.717, 1.165) is 13.0 Å². The number of rotatable bonds is 17. The zero-order valence-electron chi connectivity index (χ0n) is 13.8. The topological polar surface area (TPSA) is 55.8 Å².